The van der Waals surface area contributed by atoms with Crippen LogP contribution in [0.25, 0.3) is 0 Å². The lowest BCUT2D eigenvalue weighted by atomic mass is 10.1. The highest BCUT2D eigenvalue weighted by Gasteiger charge is 2.11. The fraction of sp³-hybridized carbons (Fsp3) is 0.588. The first-order valence-electron chi connectivity index (χ1n) is 8.52. The molecule has 0 unspecified atom stereocenters. The highest BCUT2D eigenvalue weighted by atomic mass is 16.6. The van der Waals surface area contributed by atoms with E-state index in [0.717, 1.165) is 6.54 Å². The second kappa shape index (κ2) is 9.87. The van der Waals surface area contributed by atoms with Gasteiger partial charge in [0, 0.05) is 25.2 Å². The molecule has 0 saturated heterocycles. The van der Waals surface area contributed by atoms with Crippen molar-refractivity contribution in [1.82, 2.24) is 10.6 Å². The summed E-state index contributed by atoms with van der Waals surface area (Å²) < 4.78 is 5.29. The Morgan fingerprint density at radius 2 is 1.96 bits per heavy atom. The summed E-state index contributed by atoms with van der Waals surface area (Å²) in [4.78, 5) is 21.9. The molecule has 0 heterocycles. The number of nitro benzene ring substituents is 1. The molecule has 1 aliphatic carbocycles. The molecule has 1 amide bonds. The SMILES string of the molecule is O=C(COc1cccc([N+](=O)[O-])c1)NCCNC1CCCCCC1. The van der Waals surface area contributed by atoms with Crippen LogP contribution in [0.4, 0.5) is 5.69 Å². The molecular weight excluding hydrogens is 310 g/mol. The molecule has 0 radical (unpaired) electrons. The predicted octanol–water partition coefficient (Wildman–Crippen LogP) is 2.40. The van der Waals surface area contributed by atoms with Crippen molar-refractivity contribution in [3.63, 3.8) is 0 Å². The number of benzene rings is 1. The maximum Gasteiger partial charge on any atom is 0.273 e. The van der Waals surface area contributed by atoms with Crippen molar-refractivity contribution in [2.75, 3.05) is 19.7 Å². The summed E-state index contributed by atoms with van der Waals surface area (Å²) in [5.74, 6) is 0.0834. The van der Waals surface area contributed by atoms with E-state index in [0.29, 0.717) is 18.3 Å². The van der Waals surface area contributed by atoms with Crippen LogP contribution in [0.1, 0.15) is 38.5 Å². The Balaban J connectivity index is 1.61. The molecule has 132 valence electrons. The summed E-state index contributed by atoms with van der Waals surface area (Å²) in [6.45, 7) is 1.14. The normalized spacial score (nSPS) is 15.5. The van der Waals surface area contributed by atoms with Crippen molar-refractivity contribution < 1.29 is 14.5 Å². The van der Waals surface area contributed by atoms with Crippen LogP contribution in [0.5, 0.6) is 5.75 Å². The Hall–Kier alpha value is -2.15. The first-order chi connectivity index (χ1) is 11.6. The van der Waals surface area contributed by atoms with Crippen LogP contribution in [-0.2, 0) is 4.79 Å². The minimum atomic E-state index is -0.494. The average molecular weight is 335 g/mol. The molecule has 1 fully saturated rings. The smallest absolute Gasteiger partial charge is 0.273 e. The van der Waals surface area contributed by atoms with Gasteiger partial charge in [0.15, 0.2) is 6.61 Å². The molecule has 1 aromatic carbocycles. The first kappa shape index (κ1) is 18.2. The molecular formula is C17H25N3O4. The fourth-order valence-corrected chi connectivity index (χ4v) is 2.85. The lowest BCUT2D eigenvalue weighted by Gasteiger charge is -2.16. The van der Waals surface area contributed by atoms with Crippen molar-refractivity contribution in [1.29, 1.82) is 0 Å². The number of nitrogens with zero attached hydrogens (tertiary/aromatic N) is 1. The highest BCUT2D eigenvalue weighted by Crippen LogP contribution is 2.19. The third-order valence-corrected chi connectivity index (χ3v) is 4.13. The van der Waals surface area contributed by atoms with Gasteiger partial charge in [-0.3, -0.25) is 14.9 Å². The molecule has 0 aliphatic heterocycles. The Kier molecular flexibility index (Phi) is 7.48. The molecule has 0 aromatic heterocycles. The Morgan fingerprint density at radius 3 is 2.67 bits per heavy atom. The van der Waals surface area contributed by atoms with E-state index in [2.05, 4.69) is 10.6 Å². The molecule has 1 aromatic rings. The molecule has 2 N–H and O–H groups in total. The standard InChI is InChI=1S/C17H25N3O4/c21-17(13-24-16-9-5-8-15(12-16)20(22)23)19-11-10-18-14-6-3-1-2-4-7-14/h5,8-9,12,14,18H,1-4,6-7,10-11,13H2,(H,19,21). The molecule has 2 rings (SSSR count). The number of rotatable bonds is 8. The molecule has 7 nitrogen and oxygen atoms in total. The van der Waals surface area contributed by atoms with E-state index in [1.165, 1.54) is 56.7 Å². The second-order valence-corrected chi connectivity index (χ2v) is 6.04. The fourth-order valence-electron chi connectivity index (χ4n) is 2.85. The number of non-ortho nitro benzene ring substituents is 1. The van der Waals surface area contributed by atoms with Gasteiger partial charge in [0.25, 0.3) is 11.6 Å². The highest BCUT2D eigenvalue weighted by molar-refractivity contribution is 5.77. The van der Waals surface area contributed by atoms with Crippen molar-refractivity contribution in [2.24, 2.45) is 0 Å². The minimum absolute atomic E-state index is 0.0551. The van der Waals surface area contributed by atoms with Gasteiger partial charge in [0.2, 0.25) is 0 Å². The van der Waals surface area contributed by atoms with E-state index < -0.39 is 4.92 Å². The van der Waals surface area contributed by atoms with Crippen LogP contribution in [0.15, 0.2) is 24.3 Å². The molecule has 0 spiro atoms. The zero-order valence-corrected chi connectivity index (χ0v) is 13.8. The van der Waals surface area contributed by atoms with Crippen LogP contribution in [0.2, 0.25) is 0 Å². The zero-order valence-electron chi connectivity index (χ0n) is 13.8. The second-order valence-electron chi connectivity index (χ2n) is 6.04. The van der Waals surface area contributed by atoms with Crippen molar-refractivity contribution in [3.05, 3.63) is 34.4 Å². The zero-order chi connectivity index (χ0) is 17.2. The molecule has 0 atom stereocenters. The van der Waals surface area contributed by atoms with Gasteiger partial charge in [-0.15, -0.1) is 0 Å². The van der Waals surface area contributed by atoms with E-state index in [1.807, 2.05) is 0 Å². The molecule has 0 bridgehead atoms. The summed E-state index contributed by atoms with van der Waals surface area (Å²) in [5, 5.41) is 16.9. The Bertz CT molecular complexity index is 542. The largest absolute Gasteiger partial charge is 0.484 e. The summed E-state index contributed by atoms with van der Waals surface area (Å²) in [7, 11) is 0. The van der Waals surface area contributed by atoms with E-state index in [4.69, 9.17) is 4.74 Å². The van der Waals surface area contributed by atoms with E-state index in [9.17, 15) is 14.9 Å². The van der Waals surface area contributed by atoms with Crippen molar-refractivity contribution in [3.8, 4) is 5.75 Å². The number of amides is 1. The number of ether oxygens (including phenoxy) is 1. The van der Waals surface area contributed by atoms with Gasteiger partial charge in [-0.2, -0.15) is 0 Å². The average Bonchev–Trinajstić information content (AvgIpc) is 2.86. The van der Waals surface area contributed by atoms with Crippen LogP contribution >= 0.6 is 0 Å². The molecule has 7 heteroatoms. The van der Waals surface area contributed by atoms with Gasteiger partial charge in [0.1, 0.15) is 5.75 Å². The first-order valence-corrected chi connectivity index (χ1v) is 8.52. The van der Waals surface area contributed by atoms with Crippen molar-refractivity contribution in [2.45, 2.75) is 44.6 Å². The van der Waals surface area contributed by atoms with Crippen LogP contribution < -0.4 is 15.4 Å². The summed E-state index contributed by atoms with van der Waals surface area (Å²) in [6, 6.07) is 6.37. The maximum absolute atomic E-state index is 11.7. The van der Waals surface area contributed by atoms with E-state index >= 15 is 0 Å². The predicted molar refractivity (Wildman–Crippen MR) is 91.1 cm³/mol. The number of hydrogen-bond acceptors (Lipinski definition) is 5. The van der Waals surface area contributed by atoms with Crippen LogP contribution in [0, 0.1) is 10.1 Å². The van der Waals surface area contributed by atoms with Gasteiger partial charge in [0.05, 0.1) is 11.0 Å². The van der Waals surface area contributed by atoms with Gasteiger partial charge >= 0.3 is 0 Å². The quantitative estimate of drug-likeness (QED) is 0.329. The lowest BCUT2D eigenvalue weighted by molar-refractivity contribution is -0.384. The third kappa shape index (κ3) is 6.54. The van der Waals surface area contributed by atoms with Gasteiger partial charge in [-0.1, -0.05) is 31.7 Å². The van der Waals surface area contributed by atoms with Crippen LogP contribution in [0.3, 0.4) is 0 Å². The number of nitrogens with one attached hydrogen (secondary N) is 2. The minimum Gasteiger partial charge on any atom is -0.484 e. The lowest BCUT2D eigenvalue weighted by Crippen LogP contribution is -2.38. The summed E-state index contributed by atoms with van der Waals surface area (Å²) in [5.41, 5.74) is -0.0551. The summed E-state index contributed by atoms with van der Waals surface area (Å²) >= 11 is 0. The van der Waals surface area contributed by atoms with Gasteiger partial charge in [-0.25, -0.2) is 0 Å². The number of nitro groups is 1. The maximum atomic E-state index is 11.7. The van der Waals surface area contributed by atoms with Crippen LogP contribution in [-0.4, -0.2) is 36.6 Å². The molecule has 1 aliphatic rings. The monoisotopic (exact) mass is 335 g/mol. The molecule has 24 heavy (non-hydrogen) atoms. The van der Waals surface area contributed by atoms with E-state index in [1.54, 1.807) is 6.07 Å². The topological polar surface area (TPSA) is 93.5 Å². The Morgan fingerprint density at radius 1 is 1.21 bits per heavy atom. The number of hydrogen-bond donors (Lipinski definition) is 2. The van der Waals surface area contributed by atoms with Crippen molar-refractivity contribution >= 4 is 11.6 Å². The Labute approximate surface area is 141 Å². The third-order valence-electron chi connectivity index (χ3n) is 4.13. The van der Waals surface area contributed by atoms with Gasteiger partial charge < -0.3 is 15.4 Å². The van der Waals surface area contributed by atoms with Gasteiger partial charge in [-0.05, 0) is 18.9 Å². The molecule has 1 saturated carbocycles. The van der Waals surface area contributed by atoms with E-state index in [-0.39, 0.29) is 18.2 Å². The number of carbonyl (C=O) groups is 1. The summed E-state index contributed by atoms with van der Waals surface area (Å²) in [6.07, 6.45) is 7.63. The number of carbonyl (C=O) groups excluding carboxylic acids is 1.